The molecule has 0 bridgehead atoms. The lowest BCUT2D eigenvalue weighted by Gasteiger charge is -2.27. The zero-order valence-corrected chi connectivity index (χ0v) is 24.5. The summed E-state index contributed by atoms with van der Waals surface area (Å²) in [5.41, 5.74) is 2.09. The lowest BCUT2D eigenvalue weighted by Crippen LogP contribution is -2.57. The molecule has 3 fully saturated rings. The van der Waals surface area contributed by atoms with Gasteiger partial charge in [-0.1, -0.05) is 37.8 Å². The van der Waals surface area contributed by atoms with E-state index in [0.717, 1.165) is 36.8 Å². The highest BCUT2D eigenvalue weighted by molar-refractivity contribution is 5.96. The molecular weight excluding hydrogens is 558 g/mol. The van der Waals surface area contributed by atoms with Crippen molar-refractivity contribution >= 4 is 35.3 Å². The molecular formula is C30H41N5O8. The molecule has 0 unspecified atom stereocenters. The maximum Gasteiger partial charge on any atom is 0.411 e. The van der Waals surface area contributed by atoms with Crippen LogP contribution in [-0.2, 0) is 46.4 Å². The van der Waals surface area contributed by atoms with Crippen molar-refractivity contribution in [3.05, 3.63) is 29.3 Å². The number of ketones is 1. The largest absolute Gasteiger partial charge is 0.444 e. The Morgan fingerprint density at radius 2 is 1.74 bits per heavy atom. The summed E-state index contributed by atoms with van der Waals surface area (Å²) < 4.78 is 15.6. The minimum Gasteiger partial charge on any atom is -0.444 e. The van der Waals surface area contributed by atoms with Gasteiger partial charge in [-0.05, 0) is 30.9 Å². The highest BCUT2D eigenvalue weighted by Crippen LogP contribution is 2.30. The van der Waals surface area contributed by atoms with Gasteiger partial charge in [0.15, 0.2) is 5.78 Å². The smallest absolute Gasteiger partial charge is 0.411 e. The summed E-state index contributed by atoms with van der Waals surface area (Å²) in [6.45, 7) is 4.53. The number of carbonyl (C=O) groups excluding carboxylic acids is 5. The van der Waals surface area contributed by atoms with Crippen molar-refractivity contribution in [1.82, 2.24) is 20.9 Å². The number of benzene rings is 1. The predicted octanol–water partition coefficient (Wildman–Crippen LogP) is 0.646. The zero-order chi connectivity index (χ0) is 30.3. The second kappa shape index (κ2) is 14.3. The molecule has 0 aromatic heterocycles. The van der Waals surface area contributed by atoms with Gasteiger partial charge < -0.3 is 30.2 Å². The molecule has 4 N–H and O–H groups in total. The Balaban J connectivity index is 1.27. The number of hydrogen-bond acceptors (Lipinski definition) is 9. The number of nitrogens with one attached hydrogen (secondary N) is 4. The molecule has 3 aliphatic heterocycles. The Morgan fingerprint density at radius 3 is 2.47 bits per heavy atom. The molecule has 4 atom stereocenters. The summed E-state index contributed by atoms with van der Waals surface area (Å²) in [6.07, 6.45) is 3.86. The first-order chi connectivity index (χ1) is 20.7. The third-order valence-corrected chi connectivity index (χ3v) is 8.43. The SMILES string of the molecule is C[C@H](NC(=O)CN1CCOCC1)C(=O)N[C@@H](Cc1ccc2c(c1)COC(=O)N2)C(=O)N[C@@H](CC1CCCC1)C(=O)[C@H]1CO1. The lowest BCUT2D eigenvalue weighted by molar-refractivity contribution is -0.133. The van der Waals surface area contributed by atoms with Gasteiger partial charge in [0.05, 0.1) is 38.1 Å². The van der Waals surface area contributed by atoms with E-state index in [2.05, 4.69) is 21.3 Å². The molecule has 3 heterocycles. The zero-order valence-electron chi connectivity index (χ0n) is 24.5. The molecule has 0 radical (unpaired) electrons. The number of fused-ring (bicyclic) bond motifs is 1. The molecule has 1 aromatic rings. The topological polar surface area (TPSA) is 168 Å². The maximum absolute atomic E-state index is 13.7. The number of rotatable bonds is 13. The summed E-state index contributed by atoms with van der Waals surface area (Å²) >= 11 is 0. The normalized spacial score (nSPS) is 22.3. The van der Waals surface area contributed by atoms with E-state index >= 15 is 0 Å². The molecule has 234 valence electrons. The fraction of sp³-hybridized carbons (Fsp3) is 0.633. The van der Waals surface area contributed by atoms with Crippen LogP contribution in [0.15, 0.2) is 18.2 Å². The van der Waals surface area contributed by atoms with E-state index in [9.17, 15) is 24.0 Å². The molecule has 0 spiro atoms. The van der Waals surface area contributed by atoms with E-state index in [0.29, 0.717) is 50.9 Å². The van der Waals surface area contributed by atoms with Crippen LogP contribution in [0, 0.1) is 5.92 Å². The van der Waals surface area contributed by atoms with Crippen molar-refractivity contribution in [2.24, 2.45) is 5.92 Å². The van der Waals surface area contributed by atoms with Crippen molar-refractivity contribution < 1.29 is 38.2 Å². The van der Waals surface area contributed by atoms with Crippen LogP contribution in [0.25, 0.3) is 0 Å². The van der Waals surface area contributed by atoms with Gasteiger partial charge in [-0.15, -0.1) is 0 Å². The number of ether oxygens (including phenoxy) is 3. The summed E-state index contributed by atoms with van der Waals surface area (Å²) in [4.78, 5) is 66.2. The van der Waals surface area contributed by atoms with Crippen LogP contribution in [0.2, 0.25) is 0 Å². The minimum atomic E-state index is -1.03. The van der Waals surface area contributed by atoms with Crippen molar-refractivity contribution in [2.45, 2.75) is 76.3 Å². The number of Topliss-reactive ketones (excluding diaryl/α,β-unsaturated/α-hetero) is 1. The number of carbonyl (C=O) groups is 5. The molecule has 1 saturated carbocycles. The van der Waals surface area contributed by atoms with E-state index in [1.54, 1.807) is 19.1 Å². The number of anilines is 1. The summed E-state index contributed by atoms with van der Waals surface area (Å²) in [5.74, 6) is -1.10. The van der Waals surface area contributed by atoms with Gasteiger partial charge in [-0.25, -0.2) is 4.79 Å². The van der Waals surface area contributed by atoms with Crippen molar-refractivity contribution in [2.75, 3.05) is 44.8 Å². The van der Waals surface area contributed by atoms with Crippen LogP contribution in [0.4, 0.5) is 10.5 Å². The Morgan fingerprint density at radius 1 is 1.02 bits per heavy atom. The highest BCUT2D eigenvalue weighted by atomic mass is 16.6. The van der Waals surface area contributed by atoms with Crippen LogP contribution in [0.1, 0.15) is 50.2 Å². The fourth-order valence-electron chi connectivity index (χ4n) is 5.90. The quantitative estimate of drug-likeness (QED) is 0.238. The number of cyclic esters (lactones) is 1. The first-order valence-electron chi connectivity index (χ1n) is 15.2. The van der Waals surface area contributed by atoms with Crippen molar-refractivity contribution in [3.8, 4) is 0 Å². The van der Waals surface area contributed by atoms with Gasteiger partial charge in [-0.3, -0.25) is 29.4 Å². The number of amides is 4. The predicted molar refractivity (Wildman–Crippen MR) is 154 cm³/mol. The molecule has 1 aromatic carbocycles. The van der Waals surface area contributed by atoms with Crippen LogP contribution >= 0.6 is 0 Å². The Labute approximate surface area is 250 Å². The van der Waals surface area contributed by atoms with Crippen molar-refractivity contribution in [3.63, 3.8) is 0 Å². The molecule has 4 aliphatic rings. The molecule has 43 heavy (non-hydrogen) atoms. The second-order valence-corrected chi connectivity index (χ2v) is 11.8. The van der Waals surface area contributed by atoms with Crippen LogP contribution in [0.5, 0.6) is 0 Å². The molecule has 2 saturated heterocycles. The molecule has 13 heteroatoms. The van der Waals surface area contributed by atoms with Crippen molar-refractivity contribution in [1.29, 1.82) is 0 Å². The van der Waals surface area contributed by atoms with E-state index < -0.39 is 42.1 Å². The maximum atomic E-state index is 13.7. The molecule has 5 rings (SSSR count). The highest BCUT2D eigenvalue weighted by Gasteiger charge is 2.39. The van der Waals surface area contributed by atoms with Gasteiger partial charge in [0.2, 0.25) is 17.7 Å². The lowest BCUT2D eigenvalue weighted by atomic mass is 9.94. The Kier molecular flexibility index (Phi) is 10.3. The Bertz CT molecular complexity index is 1210. The van der Waals surface area contributed by atoms with E-state index in [-0.39, 0.29) is 31.3 Å². The molecule has 4 amide bonds. The van der Waals surface area contributed by atoms with Gasteiger partial charge in [0.1, 0.15) is 24.8 Å². The monoisotopic (exact) mass is 599 g/mol. The summed E-state index contributed by atoms with van der Waals surface area (Å²) in [6, 6.07) is 2.68. The standard InChI is InChI=1S/C30H41N5O8/c1-18(31-26(36)15-35-8-10-41-11-9-35)28(38)33-24(14-20-6-7-22-21(12-20)16-43-30(40)34-22)29(39)32-23(27(37)25-17-42-25)13-19-4-2-3-5-19/h6-7,12,18-19,23-25H,2-5,8-11,13-17H2,1H3,(H,31,36)(H,32,39)(H,33,38)(H,34,40)/t18-,23-,24-,25+/m0/s1. The van der Waals surface area contributed by atoms with Gasteiger partial charge in [-0.2, -0.15) is 0 Å². The first-order valence-corrected chi connectivity index (χ1v) is 15.2. The van der Waals surface area contributed by atoms with E-state index in [4.69, 9.17) is 14.2 Å². The summed E-state index contributed by atoms with van der Waals surface area (Å²) in [5, 5.41) is 11.1. The van der Waals surface area contributed by atoms with Crippen LogP contribution in [-0.4, -0.2) is 98.2 Å². The summed E-state index contributed by atoms with van der Waals surface area (Å²) in [7, 11) is 0. The first kappa shape index (κ1) is 30.9. The number of nitrogens with zero attached hydrogens (tertiary/aromatic N) is 1. The minimum absolute atomic E-state index is 0.0871. The second-order valence-electron chi connectivity index (χ2n) is 11.8. The third-order valence-electron chi connectivity index (χ3n) is 8.43. The van der Waals surface area contributed by atoms with Gasteiger partial charge in [0, 0.05) is 25.1 Å². The average Bonchev–Trinajstić information content (AvgIpc) is 3.72. The number of hydrogen-bond donors (Lipinski definition) is 4. The number of morpholine rings is 1. The van der Waals surface area contributed by atoms with Gasteiger partial charge in [0.25, 0.3) is 0 Å². The van der Waals surface area contributed by atoms with E-state index in [1.807, 2.05) is 11.0 Å². The van der Waals surface area contributed by atoms with Crippen LogP contribution < -0.4 is 21.3 Å². The average molecular weight is 600 g/mol. The van der Waals surface area contributed by atoms with E-state index in [1.165, 1.54) is 0 Å². The Hall–Kier alpha value is -3.55. The fourth-order valence-corrected chi connectivity index (χ4v) is 5.90. The molecule has 1 aliphatic carbocycles. The third kappa shape index (κ3) is 8.74. The van der Waals surface area contributed by atoms with Crippen LogP contribution in [0.3, 0.4) is 0 Å². The van der Waals surface area contributed by atoms with Gasteiger partial charge >= 0.3 is 6.09 Å². The molecule has 13 nitrogen and oxygen atoms in total. The number of epoxide rings is 1.